The van der Waals surface area contributed by atoms with Crippen molar-refractivity contribution in [3.63, 3.8) is 0 Å². The van der Waals surface area contributed by atoms with Gasteiger partial charge in [-0.25, -0.2) is 8.42 Å². The summed E-state index contributed by atoms with van der Waals surface area (Å²) in [6, 6.07) is 5.35. The number of benzene rings is 1. The fraction of sp³-hybridized carbons (Fsp3) is 0.417. The third-order valence-corrected chi connectivity index (χ3v) is 6.17. The van der Waals surface area contributed by atoms with Crippen molar-refractivity contribution in [1.29, 1.82) is 0 Å². The lowest BCUT2D eigenvalue weighted by molar-refractivity contribution is -0.141. The highest BCUT2D eigenvalue weighted by Gasteiger charge is 2.59. The molecule has 1 heterocycles. The van der Waals surface area contributed by atoms with Gasteiger partial charge in [-0.3, -0.25) is 4.79 Å². The molecule has 5 nitrogen and oxygen atoms in total. The standard InChI is InChI=1S/C12H12BrNO4S/c13-8-1-3-9(4-2-8)19(17,18)14-6-7-5-10(7)11(14)12(15)16/h1-4,7,10-11H,5-6H2,(H,15,16)/t7-,10-,11-/m1/s1. The van der Waals surface area contributed by atoms with Crippen molar-refractivity contribution < 1.29 is 18.3 Å². The van der Waals surface area contributed by atoms with E-state index < -0.39 is 22.0 Å². The van der Waals surface area contributed by atoms with Gasteiger partial charge in [0.25, 0.3) is 0 Å². The highest BCUT2D eigenvalue weighted by atomic mass is 79.9. The molecule has 1 aliphatic heterocycles. The Bertz CT molecular complexity index is 628. The number of sulfonamides is 1. The molecule has 0 spiro atoms. The van der Waals surface area contributed by atoms with E-state index in [9.17, 15) is 18.3 Å². The second-order valence-electron chi connectivity index (χ2n) is 4.97. The first-order valence-electron chi connectivity index (χ1n) is 5.91. The molecule has 1 N–H and O–H groups in total. The van der Waals surface area contributed by atoms with Crippen molar-refractivity contribution in [3.05, 3.63) is 28.7 Å². The van der Waals surface area contributed by atoms with Crippen molar-refractivity contribution in [2.24, 2.45) is 11.8 Å². The molecule has 19 heavy (non-hydrogen) atoms. The van der Waals surface area contributed by atoms with E-state index in [2.05, 4.69) is 15.9 Å². The molecule has 0 unspecified atom stereocenters. The van der Waals surface area contributed by atoms with Crippen molar-refractivity contribution in [3.8, 4) is 0 Å². The van der Waals surface area contributed by atoms with Crippen LogP contribution in [0.5, 0.6) is 0 Å². The quantitative estimate of drug-likeness (QED) is 0.901. The zero-order chi connectivity index (χ0) is 13.8. The molecule has 0 bridgehead atoms. The predicted octanol–water partition coefficient (Wildman–Crippen LogP) is 1.54. The number of carbonyl (C=O) groups is 1. The van der Waals surface area contributed by atoms with Crippen LogP contribution in [0.25, 0.3) is 0 Å². The number of piperidine rings is 1. The first kappa shape index (κ1) is 13.1. The zero-order valence-electron chi connectivity index (χ0n) is 9.86. The predicted molar refractivity (Wildman–Crippen MR) is 71.1 cm³/mol. The fourth-order valence-electron chi connectivity index (χ4n) is 2.72. The number of fused-ring (bicyclic) bond motifs is 1. The van der Waals surface area contributed by atoms with Crippen LogP contribution in [-0.2, 0) is 14.8 Å². The summed E-state index contributed by atoms with van der Waals surface area (Å²) in [7, 11) is -3.72. The molecule has 102 valence electrons. The summed E-state index contributed by atoms with van der Waals surface area (Å²) in [5.74, 6) is -0.847. The number of nitrogens with zero attached hydrogens (tertiary/aromatic N) is 1. The van der Waals surface area contributed by atoms with Gasteiger partial charge in [-0.2, -0.15) is 4.31 Å². The van der Waals surface area contributed by atoms with Gasteiger partial charge >= 0.3 is 5.97 Å². The topological polar surface area (TPSA) is 74.7 Å². The summed E-state index contributed by atoms with van der Waals surface area (Å²) in [6.07, 6.45) is 0.823. The van der Waals surface area contributed by atoms with Crippen molar-refractivity contribution in [1.82, 2.24) is 4.31 Å². The average Bonchev–Trinajstić information content (AvgIpc) is 2.99. The Morgan fingerprint density at radius 3 is 2.53 bits per heavy atom. The van der Waals surface area contributed by atoms with Crippen LogP contribution >= 0.6 is 15.9 Å². The third-order valence-electron chi connectivity index (χ3n) is 3.78. The van der Waals surface area contributed by atoms with Gasteiger partial charge in [0.15, 0.2) is 0 Å². The molecule has 2 fully saturated rings. The van der Waals surface area contributed by atoms with Crippen molar-refractivity contribution in [2.75, 3.05) is 6.54 Å². The van der Waals surface area contributed by atoms with Gasteiger partial charge in [0.05, 0.1) is 4.90 Å². The molecule has 3 rings (SSSR count). The summed E-state index contributed by atoms with van der Waals surface area (Å²) >= 11 is 3.24. The highest BCUT2D eigenvalue weighted by molar-refractivity contribution is 9.10. The molecule has 0 radical (unpaired) electrons. The molecule has 7 heteroatoms. The Labute approximate surface area is 119 Å². The Balaban J connectivity index is 1.96. The average molecular weight is 346 g/mol. The summed E-state index contributed by atoms with van der Waals surface area (Å²) in [4.78, 5) is 11.4. The lowest BCUT2D eigenvalue weighted by Crippen LogP contribution is -2.43. The summed E-state index contributed by atoms with van der Waals surface area (Å²) in [5.41, 5.74) is 0. The van der Waals surface area contributed by atoms with Gasteiger partial charge in [-0.1, -0.05) is 15.9 Å². The van der Waals surface area contributed by atoms with Crippen LogP contribution in [0.15, 0.2) is 33.6 Å². The molecule has 2 aliphatic rings. The van der Waals surface area contributed by atoms with Gasteiger partial charge in [0.1, 0.15) is 6.04 Å². The maximum absolute atomic E-state index is 12.5. The minimum Gasteiger partial charge on any atom is -0.480 e. The largest absolute Gasteiger partial charge is 0.480 e. The summed E-state index contributed by atoms with van der Waals surface area (Å²) in [6.45, 7) is 0.319. The molecule has 0 aromatic heterocycles. The van der Waals surface area contributed by atoms with E-state index in [4.69, 9.17) is 0 Å². The maximum Gasteiger partial charge on any atom is 0.322 e. The van der Waals surface area contributed by atoms with Crippen LogP contribution in [-0.4, -0.2) is 36.4 Å². The first-order chi connectivity index (χ1) is 8.91. The van der Waals surface area contributed by atoms with Crippen molar-refractivity contribution >= 4 is 31.9 Å². The van der Waals surface area contributed by atoms with Crippen LogP contribution in [0.3, 0.4) is 0 Å². The SMILES string of the molecule is O=C(O)[C@H]1[C@@H]2C[C@@H]2CN1S(=O)(=O)c1ccc(Br)cc1. The minimum absolute atomic E-state index is 0.0114. The van der Waals surface area contributed by atoms with Crippen LogP contribution in [0.4, 0.5) is 0 Å². The van der Waals surface area contributed by atoms with Crippen LogP contribution in [0.1, 0.15) is 6.42 Å². The Hall–Kier alpha value is -0.920. The van der Waals surface area contributed by atoms with Crippen LogP contribution in [0.2, 0.25) is 0 Å². The third kappa shape index (κ3) is 2.09. The smallest absolute Gasteiger partial charge is 0.322 e. The molecular weight excluding hydrogens is 334 g/mol. The van der Waals surface area contributed by atoms with E-state index in [1.54, 1.807) is 12.1 Å². The van der Waals surface area contributed by atoms with Crippen LogP contribution < -0.4 is 0 Å². The Morgan fingerprint density at radius 1 is 1.32 bits per heavy atom. The molecule has 1 aromatic carbocycles. The van der Waals surface area contributed by atoms with Gasteiger partial charge in [0.2, 0.25) is 10.0 Å². The number of hydrogen-bond donors (Lipinski definition) is 1. The molecule has 1 saturated heterocycles. The van der Waals surface area contributed by atoms with Crippen LogP contribution in [0, 0.1) is 11.8 Å². The second-order valence-corrected chi connectivity index (χ2v) is 7.78. The van der Waals surface area contributed by atoms with Gasteiger partial charge in [-0.15, -0.1) is 0 Å². The van der Waals surface area contributed by atoms with E-state index in [1.807, 2.05) is 0 Å². The molecular formula is C12H12BrNO4S. The Morgan fingerprint density at radius 2 is 1.95 bits per heavy atom. The second kappa shape index (κ2) is 4.29. The minimum atomic E-state index is -3.72. The number of halogens is 1. The summed E-state index contributed by atoms with van der Waals surface area (Å²) in [5, 5.41) is 9.22. The lowest BCUT2D eigenvalue weighted by atomic mass is 10.2. The van der Waals surface area contributed by atoms with E-state index in [0.717, 1.165) is 15.2 Å². The maximum atomic E-state index is 12.5. The van der Waals surface area contributed by atoms with E-state index in [0.29, 0.717) is 6.54 Å². The molecule has 1 saturated carbocycles. The molecule has 1 aromatic rings. The lowest BCUT2D eigenvalue weighted by Gasteiger charge is -2.23. The Kier molecular flexibility index (Phi) is 2.95. The number of aliphatic carboxylic acids is 1. The van der Waals surface area contributed by atoms with E-state index >= 15 is 0 Å². The highest BCUT2D eigenvalue weighted by Crippen LogP contribution is 2.51. The van der Waals surface area contributed by atoms with Gasteiger partial charge < -0.3 is 5.11 Å². The number of carboxylic acids is 1. The monoisotopic (exact) mass is 345 g/mol. The molecule has 3 atom stereocenters. The molecule has 0 amide bonds. The number of carboxylic acid groups (broad SMARTS) is 1. The molecule has 1 aliphatic carbocycles. The van der Waals surface area contributed by atoms with Crippen molar-refractivity contribution in [2.45, 2.75) is 17.4 Å². The van der Waals surface area contributed by atoms with Gasteiger partial charge in [-0.05, 0) is 42.5 Å². The number of hydrogen-bond acceptors (Lipinski definition) is 3. The van der Waals surface area contributed by atoms with E-state index in [-0.39, 0.29) is 16.7 Å². The van der Waals surface area contributed by atoms with E-state index in [1.165, 1.54) is 12.1 Å². The fourth-order valence-corrected chi connectivity index (χ4v) is 4.67. The number of rotatable bonds is 3. The first-order valence-corrected chi connectivity index (χ1v) is 8.15. The van der Waals surface area contributed by atoms with Gasteiger partial charge in [0, 0.05) is 11.0 Å². The summed E-state index contributed by atoms with van der Waals surface area (Å²) < 4.78 is 26.9. The normalized spacial score (nSPS) is 30.1. The zero-order valence-corrected chi connectivity index (χ0v) is 12.3.